The average Bonchev–Trinajstić information content (AvgIpc) is 2.68. The number of cyclic esters (lactones) is 1. The molecule has 15 heavy (non-hydrogen) atoms. The summed E-state index contributed by atoms with van der Waals surface area (Å²) in [6, 6.07) is 9.76. The second-order valence-corrected chi connectivity index (χ2v) is 3.45. The van der Waals surface area contributed by atoms with E-state index < -0.39 is 6.09 Å². The average molecular weight is 202 g/mol. The molecule has 0 spiro atoms. The van der Waals surface area contributed by atoms with Crippen LogP contribution in [-0.4, -0.2) is 18.7 Å². The van der Waals surface area contributed by atoms with E-state index in [0.717, 1.165) is 5.56 Å². The van der Waals surface area contributed by atoms with Crippen molar-refractivity contribution in [1.29, 1.82) is 0 Å². The molecular formula is C12H12NO2. The molecule has 1 aromatic rings. The molecule has 0 aliphatic carbocycles. The van der Waals surface area contributed by atoms with Crippen molar-refractivity contribution in [1.82, 2.24) is 5.32 Å². The van der Waals surface area contributed by atoms with Crippen LogP contribution in [-0.2, 0) is 4.74 Å². The maximum absolute atomic E-state index is 10.9. The van der Waals surface area contributed by atoms with Gasteiger partial charge in [-0.15, -0.1) is 6.58 Å². The van der Waals surface area contributed by atoms with Gasteiger partial charge in [0, 0.05) is 5.92 Å². The highest BCUT2D eigenvalue weighted by Crippen LogP contribution is 2.24. The normalized spacial score (nSPS) is 21.6. The highest BCUT2D eigenvalue weighted by molar-refractivity contribution is 5.69. The molecule has 77 valence electrons. The van der Waals surface area contributed by atoms with Crippen LogP contribution in [0.25, 0.3) is 0 Å². The number of ether oxygens (including phenoxy) is 1. The third-order valence-electron chi connectivity index (χ3n) is 2.50. The van der Waals surface area contributed by atoms with Crippen LogP contribution in [0, 0.1) is 0 Å². The zero-order valence-corrected chi connectivity index (χ0v) is 8.30. The predicted molar refractivity (Wildman–Crippen MR) is 56.7 cm³/mol. The van der Waals surface area contributed by atoms with Gasteiger partial charge in [0.1, 0.15) is 12.6 Å². The molecule has 1 aliphatic heterocycles. The summed E-state index contributed by atoms with van der Waals surface area (Å²) in [7, 11) is 0. The van der Waals surface area contributed by atoms with E-state index in [2.05, 4.69) is 11.9 Å². The summed E-state index contributed by atoms with van der Waals surface area (Å²) in [5.74, 6) is 0.0534. The summed E-state index contributed by atoms with van der Waals surface area (Å²) in [5, 5.41) is 3.90. The van der Waals surface area contributed by atoms with Crippen molar-refractivity contribution in [2.24, 2.45) is 0 Å². The molecule has 1 saturated heterocycles. The van der Waals surface area contributed by atoms with Crippen LogP contribution in [0.5, 0.6) is 0 Å². The molecule has 0 N–H and O–H groups in total. The van der Waals surface area contributed by atoms with Crippen molar-refractivity contribution in [3.05, 3.63) is 48.6 Å². The molecule has 0 bridgehead atoms. The first-order valence-electron chi connectivity index (χ1n) is 4.86. The molecule has 0 saturated carbocycles. The lowest BCUT2D eigenvalue weighted by Crippen LogP contribution is -2.25. The van der Waals surface area contributed by atoms with Crippen molar-refractivity contribution in [3.8, 4) is 0 Å². The summed E-state index contributed by atoms with van der Waals surface area (Å²) in [6.07, 6.45) is 1.34. The van der Waals surface area contributed by atoms with E-state index in [1.807, 2.05) is 36.4 Å². The molecule has 1 fully saturated rings. The van der Waals surface area contributed by atoms with E-state index in [9.17, 15) is 4.79 Å². The second-order valence-electron chi connectivity index (χ2n) is 3.45. The maximum Gasteiger partial charge on any atom is 0.429 e. The van der Waals surface area contributed by atoms with Gasteiger partial charge in [-0.1, -0.05) is 36.4 Å². The topological polar surface area (TPSA) is 40.4 Å². The van der Waals surface area contributed by atoms with Crippen LogP contribution < -0.4 is 5.32 Å². The van der Waals surface area contributed by atoms with E-state index >= 15 is 0 Å². The minimum absolute atomic E-state index is 0.0534. The number of nitrogens with zero attached hydrogens (tertiary/aromatic N) is 1. The Balaban J connectivity index is 2.18. The quantitative estimate of drug-likeness (QED) is 0.704. The molecule has 1 aromatic carbocycles. The van der Waals surface area contributed by atoms with Crippen molar-refractivity contribution in [2.45, 2.75) is 12.0 Å². The SMILES string of the molecule is C=CC(c1ccccc1)C1COC(=O)[N]1. The smallest absolute Gasteiger partial charge is 0.429 e. The van der Waals surface area contributed by atoms with Crippen molar-refractivity contribution in [2.75, 3.05) is 6.61 Å². The minimum atomic E-state index is -0.470. The molecule has 2 unspecified atom stereocenters. The fourth-order valence-corrected chi connectivity index (χ4v) is 1.74. The zero-order valence-electron chi connectivity index (χ0n) is 8.30. The van der Waals surface area contributed by atoms with E-state index in [-0.39, 0.29) is 12.0 Å². The summed E-state index contributed by atoms with van der Waals surface area (Å²) in [4.78, 5) is 10.9. The molecule has 1 amide bonds. The van der Waals surface area contributed by atoms with Gasteiger partial charge in [-0.25, -0.2) is 10.1 Å². The van der Waals surface area contributed by atoms with Crippen LogP contribution in [0.2, 0.25) is 0 Å². The molecule has 2 atom stereocenters. The van der Waals surface area contributed by atoms with Crippen LogP contribution in [0.4, 0.5) is 4.79 Å². The molecule has 0 aromatic heterocycles. The monoisotopic (exact) mass is 202 g/mol. The van der Waals surface area contributed by atoms with Gasteiger partial charge in [-0.3, -0.25) is 0 Å². The zero-order chi connectivity index (χ0) is 10.7. The van der Waals surface area contributed by atoms with Crippen LogP contribution in [0.1, 0.15) is 11.5 Å². The molecule has 2 rings (SSSR count). The van der Waals surface area contributed by atoms with Gasteiger partial charge in [0.25, 0.3) is 0 Å². The Morgan fingerprint density at radius 2 is 2.20 bits per heavy atom. The number of hydrogen-bond donors (Lipinski definition) is 0. The lowest BCUT2D eigenvalue weighted by Gasteiger charge is -2.16. The largest absolute Gasteiger partial charge is 0.446 e. The lowest BCUT2D eigenvalue weighted by atomic mass is 9.92. The summed E-state index contributed by atoms with van der Waals surface area (Å²) >= 11 is 0. The molecular weight excluding hydrogens is 190 g/mol. The van der Waals surface area contributed by atoms with Crippen LogP contribution in [0.3, 0.4) is 0 Å². The Labute approximate surface area is 88.8 Å². The number of rotatable bonds is 3. The van der Waals surface area contributed by atoms with E-state index in [0.29, 0.717) is 6.61 Å². The highest BCUT2D eigenvalue weighted by Gasteiger charge is 2.31. The lowest BCUT2D eigenvalue weighted by molar-refractivity contribution is 0.176. The van der Waals surface area contributed by atoms with E-state index in [4.69, 9.17) is 4.74 Å². The first kappa shape index (κ1) is 9.77. The number of benzene rings is 1. The summed E-state index contributed by atoms with van der Waals surface area (Å²) in [5.41, 5.74) is 1.11. The van der Waals surface area contributed by atoms with Crippen LogP contribution in [0.15, 0.2) is 43.0 Å². The van der Waals surface area contributed by atoms with Crippen molar-refractivity contribution in [3.63, 3.8) is 0 Å². The Morgan fingerprint density at radius 1 is 1.47 bits per heavy atom. The van der Waals surface area contributed by atoms with Gasteiger partial charge in [0.05, 0.1) is 0 Å². The number of hydrogen-bond acceptors (Lipinski definition) is 2. The number of carbonyl (C=O) groups excluding carboxylic acids is 1. The Bertz CT molecular complexity index is 361. The summed E-state index contributed by atoms with van der Waals surface area (Å²) < 4.78 is 4.82. The van der Waals surface area contributed by atoms with Gasteiger partial charge in [0.2, 0.25) is 0 Å². The number of carbonyl (C=O) groups is 1. The fourth-order valence-electron chi connectivity index (χ4n) is 1.74. The van der Waals surface area contributed by atoms with Crippen molar-refractivity contribution < 1.29 is 9.53 Å². The first-order valence-corrected chi connectivity index (χ1v) is 4.86. The highest BCUT2D eigenvalue weighted by atomic mass is 16.6. The standard InChI is InChI=1S/C12H12NO2/c1-2-10(9-6-4-3-5-7-9)11-8-15-12(14)13-11/h2-7,10-11H,1,8H2. The third-order valence-corrected chi connectivity index (χ3v) is 2.50. The maximum atomic E-state index is 10.9. The van der Waals surface area contributed by atoms with Crippen LogP contribution >= 0.6 is 0 Å². The second kappa shape index (κ2) is 4.17. The molecule has 3 nitrogen and oxygen atoms in total. The van der Waals surface area contributed by atoms with Gasteiger partial charge < -0.3 is 4.74 Å². The predicted octanol–water partition coefficient (Wildman–Crippen LogP) is 2.08. The fraction of sp³-hybridized carbons (Fsp3) is 0.250. The van der Waals surface area contributed by atoms with Crippen molar-refractivity contribution >= 4 is 6.09 Å². The Hall–Kier alpha value is -1.77. The van der Waals surface area contributed by atoms with E-state index in [1.54, 1.807) is 0 Å². The summed E-state index contributed by atoms with van der Waals surface area (Å²) in [6.45, 7) is 4.13. The van der Waals surface area contributed by atoms with Gasteiger partial charge in [-0.2, -0.15) is 0 Å². The molecule has 1 heterocycles. The minimum Gasteiger partial charge on any atom is -0.446 e. The Morgan fingerprint density at radius 3 is 2.73 bits per heavy atom. The molecule has 1 radical (unpaired) electrons. The first-order chi connectivity index (χ1) is 7.31. The third kappa shape index (κ3) is 2.01. The van der Waals surface area contributed by atoms with Gasteiger partial charge in [0.15, 0.2) is 0 Å². The molecule has 1 aliphatic rings. The van der Waals surface area contributed by atoms with Gasteiger partial charge in [-0.05, 0) is 5.56 Å². The molecule has 3 heteroatoms. The number of amides is 1. The van der Waals surface area contributed by atoms with Gasteiger partial charge >= 0.3 is 6.09 Å². The Kier molecular flexibility index (Phi) is 2.72. The van der Waals surface area contributed by atoms with E-state index in [1.165, 1.54) is 0 Å².